The molecule has 0 aromatic carbocycles. The molecule has 4 aliphatic rings. The highest BCUT2D eigenvalue weighted by Crippen LogP contribution is 2.66. The number of ketones is 1. The predicted octanol–water partition coefficient (Wildman–Crippen LogP) is 5.15. The fraction of sp³-hybridized carbons (Fsp3) is 0.850. The van der Waals surface area contributed by atoms with Crippen molar-refractivity contribution in [2.24, 2.45) is 34.5 Å². The van der Waals surface area contributed by atoms with Crippen LogP contribution in [0.25, 0.3) is 0 Å². The number of carbonyl (C=O) groups is 1. The molecule has 0 aromatic heterocycles. The Morgan fingerprint density at radius 2 is 1.90 bits per heavy atom. The van der Waals surface area contributed by atoms with E-state index in [4.69, 9.17) is 0 Å². The van der Waals surface area contributed by atoms with E-state index in [1.807, 2.05) is 6.08 Å². The van der Waals surface area contributed by atoms with Crippen LogP contribution in [0.15, 0.2) is 11.6 Å². The first-order valence-corrected chi connectivity index (χ1v) is 9.18. The standard InChI is InChI=1S/C20H30O/c1-13-11-14-12-15(21)6-10-20(14,3)17-7-9-19(2)8-4-5-16(19)18(13)17/h12-13,16-18H,4-11H2,1-3H3/t13?,16-,17+,18-,19-,20-/m0/s1. The summed E-state index contributed by atoms with van der Waals surface area (Å²) in [4.78, 5) is 11.9. The van der Waals surface area contributed by atoms with Gasteiger partial charge in [0, 0.05) is 6.42 Å². The van der Waals surface area contributed by atoms with Gasteiger partial charge >= 0.3 is 0 Å². The number of rotatable bonds is 0. The molecule has 116 valence electrons. The van der Waals surface area contributed by atoms with Crippen LogP contribution in [-0.2, 0) is 4.79 Å². The summed E-state index contributed by atoms with van der Waals surface area (Å²) in [6.45, 7) is 7.54. The number of carbonyl (C=O) groups excluding carboxylic acids is 1. The van der Waals surface area contributed by atoms with Gasteiger partial charge in [0.25, 0.3) is 0 Å². The van der Waals surface area contributed by atoms with Crippen molar-refractivity contribution < 1.29 is 4.79 Å². The molecule has 0 spiro atoms. The van der Waals surface area contributed by atoms with Gasteiger partial charge in [-0.1, -0.05) is 32.8 Å². The van der Waals surface area contributed by atoms with E-state index in [0.29, 0.717) is 16.6 Å². The van der Waals surface area contributed by atoms with Crippen molar-refractivity contribution in [3.63, 3.8) is 0 Å². The minimum atomic E-state index is 0.342. The zero-order valence-electron chi connectivity index (χ0n) is 14.0. The van der Waals surface area contributed by atoms with E-state index in [-0.39, 0.29) is 0 Å². The van der Waals surface area contributed by atoms with Crippen LogP contribution in [0.5, 0.6) is 0 Å². The first-order valence-electron chi connectivity index (χ1n) is 9.18. The third-order valence-corrected chi connectivity index (χ3v) is 8.09. The summed E-state index contributed by atoms with van der Waals surface area (Å²) in [5, 5.41) is 0. The van der Waals surface area contributed by atoms with E-state index in [2.05, 4.69) is 20.8 Å². The lowest BCUT2D eigenvalue weighted by Crippen LogP contribution is -2.52. The van der Waals surface area contributed by atoms with Crippen molar-refractivity contribution in [3.8, 4) is 0 Å². The lowest BCUT2D eigenvalue weighted by Gasteiger charge is -2.59. The van der Waals surface area contributed by atoms with Crippen molar-refractivity contribution in [2.75, 3.05) is 0 Å². The lowest BCUT2D eigenvalue weighted by molar-refractivity contribution is -0.118. The highest BCUT2D eigenvalue weighted by atomic mass is 16.1. The minimum absolute atomic E-state index is 0.342. The van der Waals surface area contributed by atoms with Crippen molar-refractivity contribution in [2.45, 2.75) is 72.1 Å². The van der Waals surface area contributed by atoms with Gasteiger partial charge in [-0.2, -0.15) is 0 Å². The molecule has 0 amide bonds. The smallest absolute Gasteiger partial charge is 0.155 e. The Balaban J connectivity index is 1.74. The fourth-order valence-corrected chi connectivity index (χ4v) is 6.90. The van der Waals surface area contributed by atoms with Crippen LogP contribution >= 0.6 is 0 Å². The molecular formula is C20H30O. The predicted molar refractivity (Wildman–Crippen MR) is 85.9 cm³/mol. The summed E-state index contributed by atoms with van der Waals surface area (Å²) in [5.41, 5.74) is 2.49. The van der Waals surface area contributed by atoms with Crippen molar-refractivity contribution >= 4 is 5.78 Å². The number of allylic oxidation sites excluding steroid dienone is 1. The zero-order chi connectivity index (χ0) is 14.8. The first kappa shape index (κ1) is 14.0. The van der Waals surface area contributed by atoms with Gasteiger partial charge in [0.15, 0.2) is 5.78 Å². The molecule has 4 aliphatic carbocycles. The molecule has 3 saturated carbocycles. The molecule has 6 atom stereocenters. The number of fused-ring (bicyclic) bond motifs is 5. The van der Waals surface area contributed by atoms with Gasteiger partial charge in [0.2, 0.25) is 0 Å². The monoisotopic (exact) mass is 286 g/mol. The van der Waals surface area contributed by atoms with Gasteiger partial charge in [-0.15, -0.1) is 0 Å². The van der Waals surface area contributed by atoms with Gasteiger partial charge in [0.1, 0.15) is 0 Å². The summed E-state index contributed by atoms with van der Waals surface area (Å²) in [6, 6.07) is 0. The lowest BCUT2D eigenvalue weighted by atomic mass is 9.45. The van der Waals surface area contributed by atoms with Crippen LogP contribution in [0, 0.1) is 34.5 Å². The van der Waals surface area contributed by atoms with E-state index in [1.165, 1.54) is 44.1 Å². The van der Waals surface area contributed by atoms with Crippen molar-refractivity contribution in [1.29, 1.82) is 0 Å². The molecule has 4 rings (SSSR count). The summed E-state index contributed by atoms with van der Waals surface area (Å²) in [6.07, 6.45) is 12.4. The molecule has 3 fully saturated rings. The summed E-state index contributed by atoms with van der Waals surface area (Å²) < 4.78 is 0. The Morgan fingerprint density at radius 3 is 2.71 bits per heavy atom. The van der Waals surface area contributed by atoms with Gasteiger partial charge < -0.3 is 0 Å². The van der Waals surface area contributed by atoms with Gasteiger partial charge in [-0.25, -0.2) is 0 Å². The van der Waals surface area contributed by atoms with Crippen molar-refractivity contribution in [1.82, 2.24) is 0 Å². The fourth-order valence-electron chi connectivity index (χ4n) is 6.90. The zero-order valence-corrected chi connectivity index (χ0v) is 14.0. The van der Waals surface area contributed by atoms with E-state index in [9.17, 15) is 4.79 Å². The maximum atomic E-state index is 11.9. The molecule has 0 heterocycles. The molecule has 0 N–H and O–H groups in total. The highest BCUT2D eigenvalue weighted by Gasteiger charge is 2.57. The van der Waals surface area contributed by atoms with Crippen LogP contribution in [0.3, 0.4) is 0 Å². The summed E-state index contributed by atoms with van der Waals surface area (Å²) >= 11 is 0. The third kappa shape index (κ3) is 1.85. The molecule has 0 bridgehead atoms. The minimum Gasteiger partial charge on any atom is -0.295 e. The molecule has 21 heavy (non-hydrogen) atoms. The average Bonchev–Trinajstić information content (AvgIpc) is 2.82. The second kappa shape index (κ2) is 4.46. The molecule has 0 aliphatic heterocycles. The summed E-state index contributed by atoms with van der Waals surface area (Å²) in [7, 11) is 0. The maximum Gasteiger partial charge on any atom is 0.155 e. The van der Waals surface area contributed by atoms with Gasteiger partial charge in [0.05, 0.1) is 0 Å². The molecule has 0 aromatic rings. The van der Waals surface area contributed by atoms with E-state index in [1.54, 1.807) is 0 Å². The third-order valence-electron chi connectivity index (χ3n) is 8.09. The van der Waals surface area contributed by atoms with Crippen LogP contribution < -0.4 is 0 Å². The number of hydrogen-bond acceptors (Lipinski definition) is 1. The Morgan fingerprint density at radius 1 is 1.10 bits per heavy atom. The highest BCUT2D eigenvalue weighted by molar-refractivity contribution is 5.91. The Kier molecular flexibility index (Phi) is 2.98. The van der Waals surface area contributed by atoms with Crippen LogP contribution in [0.2, 0.25) is 0 Å². The first-order chi connectivity index (χ1) is 9.94. The van der Waals surface area contributed by atoms with Crippen LogP contribution in [0.1, 0.15) is 72.1 Å². The average molecular weight is 286 g/mol. The molecule has 0 saturated heterocycles. The van der Waals surface area contributed by atoms with Crippen LogP contribution in [-0.4, -0.2) is 5.78 Å². The van der Waals surface area contributed by atoms with E-state index >= 15 is 0 Å². The van der Waals surface area contributed by atoms with Crippen molar-refractivity contribution in [3.05, 3.63) is 11.6 Å². The Labute approximate surface area is 129 Å². The summed E-state index contributed by atoms with van der Waals surface area (Å²) in [5.74, 6) is 3.89. The molecule has 1 nitrogen and oxygen atoms in total. The van der Waals surface area contributed by atoms with Gasteiger partial charge in [-0.05, 0) is 79.1 Å². The molecule has 0 radical (unpaired) electrons. The van der Waals surface area contributed by atoms with E-state index in [0.717, 1.165) is 36.5 Å². The Bertz CT molecular complexity index is 504. The number of hydrogen-bond donors (Lipinski definition) is 0. The largest absolute Gasteiger partial charge is 0.295 e. The van der Waals surface area contributed by atoms with E-state index < -0.39 is 0 Å². The Hall–Kier alpha value is -0.590. The SMILES string of the molecule is CC1CC2=CC(=O)CC[C@]2(C)[C@@H]2CC[C@]3(C)CCC[C@H]3[C@H]12. The second-order valence-electron chi connectivity index (χ2n) is 9.11. The quantitative estimate of drug-likeness (QED) is 0.601. The van der Waals surface area contributed by atoms with Gasteiger partial charge in [-0.3, -0.25) is 4.79 Å². The van der Waals surface area contributed by atoms with Crippen LogP contribution in [0.4, 0.5) is 0 Å². The normalized spacial score (nSPS) is 52.7. The molecule has 1 unspecified atom stereocenters. The second-order valence-corrected chi connectivity index (χ2v) is 9.11. The topological polar surface area (TPSA) is 17.1 Å². The molecule has 1 heteroatoms. The maximum absolute atomic E-state index is 11.9. The molecular weight excluding hydrogens is 256 g/mol.